The number of carbonyl (C=O) groups is 2. The maximum absolute atomic E-state index is 12.1. The van der Waals surface area contributed by atoms with Crippen molar-refractivity contribution in [3.8, 4) is 0 Å². The van der Waals surface area contributed by atoms with E-state index < -0.39 is 32.2 Å². The zero-order valence-electron chi connectivity index (χ0n) is 13.0. The fourth-order valence-electron chi connectivity index (χ4n) is 2.44. The van der Waals surface area contributed by atoms with Gasteiger partial charge in [-0.3, -0.25) is 9.59 Å². The maximum Gasteiger partial charge on any atom is 0.316 e. The number of unbranched alkanes of at least 4 members (excludes halogenated alkanes) is 1. The van der Waals surface area contributed by atoms with Crippen molar-refractivity contribution in [2.75, 3.05) is 13.2 Å². The molecular formula is C14H23O7P-2. The highest BCUT2D eigenvalue weighted by molar-refractivity contribution is 7.43. The van der Waals surface area contributed by atoms with Gasteiger partial charge in [-0.2, -0.15) is 0 Å². The highest BCUT2D eigenvalue weighted by Crippen LogP contribution is 2.31. The molecule has 0 spiro atoms. The van der Waals surface area contributed by atoms with Gasteiger partial charge in [0, 0.05) is 12.3 Å². The van der Waals surface area contributed by atoms with Crippen molar-refractivity contribution in [3.05, 3.63) is 0 Å². The molecular weight excluding hydrogens is 311 g/mol. The van der Waals surface area contributed by atoms with Gasteiger partial charge in [-0.25, -0.2) is 0 Å². The van der Waals surface area contributed by atoms with Crippen molar-refractivity contribution in [1.82, 2.24) is 0 Å². The van der Waals surface area contributed by atoms with Crippen molar-refractivity contribution in [2.45, 2.75) is 46.0 Å². The highest BCUT2D eigenvalue weighted by atomic mass is 31.2. The molecule has 0 N–H and O–H groups in total. The molecule has 0 aromatic rings. The fraction of sp³-hybridized carbons (Fsp3) is 0.857. The third kappa shape index (κ3) is 6.57. The Labute approximate surface area is 130 Å². The van der Waals surface area contributed by atoms with Crippen molar-refractivity contribution in [2.24, 2.45) is 17.8 Å². The minimum absolute atomic E-state index is 0.0951. The summed E-state index contributed by atoms with van der Waals surface area (Å²) in [7, 11) is -5.11. The topological polar surface area (TPSA) is 116 Å². The Kier molecular flexibility index (Phi) is 7.69. The van der Waals surface area contributed by atoms with Crippen LogP contribution in [0.4, 0.5) is 0 Å². The van der Waals surface area contributed by atoms with Crippen LogP contribution < -0.4 is 9.79 Å². The summed E-state index contributed by atoms with van der Waals surface area (Å²) >= 11 is 0. The average molecular weight is 334 g/mol. The van der Waals surface area contributed by atoms with Crippen LogP contribution in [-0.2, 0) is 23.4 Å². The van der Waals surface area contributed by atoms with Crippen LogP contribution in [0.2, 0.25) is 0 Å². The second-order valence-corrected chi connectivity index (χ2v) is 6.99. The summed E-state index contributed by atoms with van der Waals surface area (Å²) in [5.74, 6) is -2.05. The summed E-state index contributed by atoms with van der Waals surface area (Å²) in [5, 5.41) is 0. The van der Waals surface area contributed by atoms with Crippen LogP contribution in [0.1, 0.15) is 46.0 Å². The third-order valence-electron chi connectivity index (χ3n) is 4.03. The van der Waals surface area contributed by atoms with Crippen LogP contribution in [0.15, 0.2) is 0 Å². The summed E-state index contributed by atoms with van der Waals surface area (Å²) in [6, 6.07) is 0. The lowest BCUT2D eigenvalue weighted by Gasteiger charge is -2.30. The fourth-order valence-corrected chi connectivity index (χ4v) is 2.82. The van der Waals surface area contributed by atoms with E-state index in [1.54, 1.807) is 0 Å². The second-order valence-electron chi connectivity index (χ2n) is 5.84. The maximum atomic E-state index is 12.1. The number of rotatable bonds is 10. The van der Waals surface area contributed by atoms with E-state index in [2.05, 4.69) is 18.4 Å². The summed E-state index contributed by atoms with van der Waals surface area (Å²) in [6.07, 6.45) is 3.95. The van der Waals surface area contributed by atoms with Crippen LogP contribution >= 0.6 is 7.82 Å². The summed E-state index contributed by atoms with van der Waals surface area (Å²) in [6.45, 7) is 3.68. The largest absolute Gasteiger partial charge is 0.790 e. The van der Waals surface area contributed by atoms with Gasteiger partial charge in [0.15, 0.2) is 0 Å². The highest BCUT2D eigenvalue weighted by Gasteiger charge is 2.41. The van der Waals surface area contributed by atoms with Crippen LogP contribution in [0.3, 0.4) is 0 Å². The molecule has 7 nitrogen and oxygen atoms in total. The smallest absolute Gasteiger partial charge is 0.316 e. The van der Waals surface area contributed by atoms with Crippen LogP contribution in [-0.4, -0.2) is 25.0 Å². The zero-order chi connectivity index (χ0) is 16.8. The molecule has 8 heteroatoms. The Bertz CT molecular complexity index is 431. The lowest BCUT2D eigenvalue weighted by atomic mass is 9.89. The van der Waals surface area contributed by atoms with E-state index in [4.69, 9.17) is 4.74 Å². The van der Waals surface area contributed by atoms with Crippen molar-refractivity contribution >= 4 is 19.6 Å². The van der Waals surface area contributed by atoms with E-state index >= 15 is 0 Å². The predicted molar refractivity (Wildman–Crippen MR) is 74.4 cm³/mol. The molecule has 0 radical (unpaired) electrons. The van der Waals surface area contributed by atoms with Gasteiger partial charge in [-0.05, 0) is 12.3 Å². The summed E-state index contributed by atoms with van der Waals surface area (Å²) < 4.78 is 19.5. The van der Waals surface area contributed by atoms with Crippen LogP contribution in [0.25, 0.3) is 0 Å². The number of ketones is 1. The summed E-state index contributed by atoms with van der Waals surface area (Å²) in [4.78, 5) is 44.7. The van der Waals surface area contributed by atoms with Gasteiger partial charge in [0.1, 0.15) is 11.7 Å². The molecule has 1 fully saturated rings. The Balaban J connectivity index is 2.43. The standard InChI is InChI=1S/C14H25O7P/c1-3-10(2)6-4-5-7-12(15)13-11(8-20-14(13)16)9-21-22(17,18)19/h10-11,13H,3-9H2,1-2H3,(H2,17,18,19)/p-2/t10?,11-,13+/m0/s1. The molecule has 1 rings (SSSR count). The monoisotopic (exact) mass is 334 g/mol. The number of phosphoric ester groups is 1. The third-order valence-corrected chi connectivity index (χ3v) is 4.49. The first kappa shape index (κ1) is 19.3. The summed E-state index contributed by atoms with van der Waals surface area (Å²) in [5.41, 5.74) is 0. The first-order valence-corrected chi connectivity index (χ1v) is 9.06. The van der Waals surface area contributed by atoms with Crippen molar-refractivity contribution in [3.63, 3.8) is 0 Å². The Morgan fingerprint density at radius 2 is 2.14 bits per heavy atom. The molecule has 1 aliphatic rings. The first-order valence-electron chi connectivity index (χ1n) is 7.60. The lowest BCUT2D eigenvalue weighted by Crippen LogP contribution is -2.30. The molecule has 0 aromatic carbocycles. The van der Waals surface area contributed by atoms with Gasteiger partial charge in [0.25, 0.3) is 0 Å². The lowest BCUT2D eigenvalue weighted by molar-refractivity contribution is -0.342. The minimum Gasteiger partial charge on any atom is -0.790 e. The number of phosphoric acid groups is 1. The SMILES string of the molecule is CCC(C)CCCCC(=O)[C@@H]1C(=O)OC[C@H]1COP(=O)([O-])[O-]. The van der Waals surface area contributed by atoms with Gasteiger partial charge in [-0.1, -0.05) is 33.1 Å². The number of carbonyl (C=O) groups excluding carboxylic acids is 2. The molecule has 1 heterocycles. The van der Waals surface area contributed by atoms with Gasteiger partial charge in [0.05, 0.1) is 21.0 Å². The van der Waals surface area contributed by atoms with E-state index in [1.807, 2.05) is 0 Å². The average Bonchev–Trinajstić information content (AvgIpc) is 2.81. The number of Topliss-reactive ketones (excluding diaryl/α,β-unsaturated/α-hetero) is 1. The molecule has 0 bridgehead atoms. The number of ether oxygens (including phenoxy) is 1. The van der Waals surface area contributed by atoms with Crippen molar-refractivity contribution < 1.29 is 33.2 Å². The molecule has 1 unspecified atom stereocenters. The van der Waals surface area contributed by atoms with E-state index in [-0.39, 0.29) is 18.8 Å². The minimum atomic E-state index is -5.11. The van der Waals surface area contributed by atoms with Crippen LogP contribution in [0.5, 0.6) is 0 Å². The number of cyclic esters (lactones) is 1. The van der Waals surface area contributed by atoms with Crippen molar-refractivity contribution in [1.29, 1.82) is 0 Å². The van der Waals surface area contributed by atoms with Crippen LogP contribution in [0, 0.1) is 17.8 Å². The Morgan fingerprint density at radius 1 is 1.45 bits per heavy atom. The molecule has 0 amide bonds. The molecule has 3 atom stereocenters. The van der Waals surface area contributed by atoms with E-state index in [0.29, 0.717) is 12.3 Å². The van der Waals surface area contributed by atoms with E-state index in [1.165, 1.54) is 0 Å². The Morgan fingerprint density at radius 3 is 2.73 bits per heavy atom. The molecule has 128 valence electrons. The molecule has 0 aliphatic carbocycles. The van der Waals surface area contributed by atoms with Gasteiger partial charge >= 0.3 is 5.97 Å². The van der Waals surface area contributed by atoms with Gasteiger partial charge in [-0.15, -0.1) is 0 Å². The van der Waals surface area contributed by atoms with Gasteiger partial charge in [0.2, 0.25) is 0 Å². The Hall–Kier alpha value is -0.750. The zero-order valence-corrected chi connectivity index (χ0v) is 13.9. The van der Waals surface area contributed by atoms with E-state index in [0.717, 1.165) is 19.3 Å². The van der Waals surface area contributed by atoms with Gasteiger partial charge < -0.3 is 23.6 Å². The second kappa shape index (κ2) is 8.77. The van der Waals surface area contributed by atoms with E-state index in [9.17, 15) is 23.9 Å². The molecule has 22 heavy (non-hydrogen) atoms. The number of hydrogen-bond donors (Lipinski definition) is 0. The molecule has 1 saturated heterocycles. The molecule has 0 saturated carbocycles. The number of hydrogen-bond acceptors (Lipinski definition) is 7. The normalized spacial score (nSPS) is 23.4. The molecule has 1 aliphatic heterocycles. The first-order chi connectivity index (χ1) is 10.2. The predicted octanol–water partition coefficient (Wildman–Crippen LogP) is 0.796. The number of esters is 1. The quantitative estimate of drug-likeness (QED) is 0.251. The molecule has 0 aromatic heterocycles.